The first-order valence-electron chi connectivity index (χ1n) is 6.20. The van der Waals surface area contributed by atoms with E-state index in [9.17, 15) is 4.79 Å². The molecule has 0 N–H and O–H groups in total. The summed E-state index contributed by atoms with van der Waals surface area (Å²) in [6, 6.07) is 0. The summed E-state index contributed by atoms with van der Waals surface area (Å²) in [4.78, 5) is 20.3. The minimum atomic E-state index is -0.0577. The fourth-order valence-electron chi connectivity index (χ4n) is 2.17. The molecule has 1 aliphatic heterocycles. The Labute approximate surface area is 112 Å². The Balaban J connectivity index is 1.98. The van der Waals surface area contributed by atoms with Crippen molar-refractivity contribution in [2.24, 2.45) is 0 Å². The van der Waals surface area contributed by atoms with Gasteiger partial charge in [0.15, 0.2) is 6.39 Å². The van der Waals surface area contributed by atoms with E-state index < -0.39 is 0 Å². The van der Waals surface area contributed by atoms with Gasteiger partial charge in [0.05, 0.1) is 5.69 Å². The fraction of sp³-hybridized carbons (Fsp3) is 0.667. The van der Waals surface area contributed by atoms with Crippen molar-refractivity contribution in [3.8, 4) is 0 Å². The zero-order valence-electron chi connectivity index (χ0n) is 10.6. The lowest BCUT2D eigenvalue weighted by Crippen LogP contribution is -2.35. The van der Waals surface area contributed by atoms with Crippen LogP contribution < -0.4 is 0 Å². The third-order valence-electron chi connectivity index (χ3n) is 3.22. The smallest absolute Gasteiger partial charge is 0.291 e. The molecule has 1 fully saturated rings. The highest BCUT2D eigenvalue weighted by Gasteiger charge is 2.23. The van der Waals surface area contributed by atoms with Gasteiger partial charge in [-0.15, -0.1) is 11.6 Å². The second kappa shape index (κ2) is 6.20. The molecule has 0 radical (unpaired) electrons. The van der Waals surface area contributed by atoms with E-state index in [1.165, 1.54) is 6.39 Å². The third-order valence-corrected chi connectivity index (χ3v) is 3.39. The van der Waals surface area contributed by atoms with Gasteiger partial charge >= 0.3 is 0 Å². The Bertz CT molecular complexity index is 408. The molecule has 0 aliphatic carbocycles. The fourth-order valence-corrected chi connectivity index (χ4v) is 2.41. The maximum Gasteiger partial charge on any atom is 0.291 e. The number of aryl methyl sites for hydroxylation is 1. The van der Waals surface area contributed by atoms with E-state index in [4.69, 9.17) is 16.0 Å². The average Bonchev–Trinajstić information content (AvgIpc) is 2.64. The molecule has 0 saturated carbocycles. The minimum Gasteiger partial charge on any atom is -0.438 e. The van der Waals surface area contributed by atoms with Crippen LogP contribution in [0.3, 0.4) is 0 Å². The predicted molar refractivity (Wildman–Crippen MR) is 68.9 cm³/mol. The lowest BCUT2D eigenvalue weighted by molar-refractivity contribution is 0.0729. The normalized spacial score (nSPS) is 17.8. The van der Waals surface area contributed by atoms with E-state index in [0.29, 0.717) is 17.3 Å². The maximum absolute atomic E-state index is 12.2. The molecule has 0 unspecified atom stereocenters. The molecule has 1 amide bonds. The third kappa shape index (κ3) is 3.03. The average molecular weight is 272 g/mol. The molecule has 1 saturated heterocycles. The van der Waals surface area contributed by atoms with Gasteiger partial charge in [-0.1, -0.05) is 0 Å². The van der Waals surface area contributed by atoms with Gasteiger partial charge in [0, 0.05) is 32.1 Å². The minimum absolute atomic E-state index is 0.0577. The Morgan fingerprint density at radius 1 is 1.44 bits per heavy atom. The molecule has 0 aromatic carbocycles. The van der Waals surface area contributed by atoms with Gasteiger partial charge in [0.2, 0.25) is 5.76 Å². The summed E-state index contributed by atoms with van der Waals surface area (Å²) in [5.74, 6) is 0.938. The monoisotopic (exact) mass is 271 g/mol. The number of aromatic nitrogens is 1. The van der Waals surface area contributed by atoms with Crippen LogP contribution >= 0.6 is 11.6 Å². The molecular formula is C12H18ClN3O2. The summed E-state index contributed by atoms with van der Waals surface area (Å²) >= 11 is 5.74. The Kier molecular flexibility index (Phi) is 4.60. The Morgan fingerprint density at radius 2 is 2.28 bits per heavy atom. The van der Waals surface area contributed by atoms with Crippen molar-refractivity contribution >= 4 is 17.5 Å². The van der Waals surface area contributed by atoms with Crippen LogP contribution in [0.2, 0.25) is 0 Å². The molecule has 100 valence electrons. The van der Waals surface area contributed by atoms with Crippen molar-refractivity contribution < 1.29 is 9.21 Å². The summed E-state index contributed by atoms with van der Waals surface area (Å²) in [6.07, 6.45) is 2.29. The summed E-state index contributed by atoms with van der Waals surface area (Å²) in [5.41, 5.74) is 0.655. The Morgan fingerprint density at radius 3 is 2.94 bits per heavy atom. The number of halogens is 1. The van der Waals surface area contributed by atoms with Crippen LogP contribution in [-0.4, -0.2) is 59.3 Å². The highest BCUT2D eigenvalue weighted by Crippen LogP contribution is 2.12. The molecular weight excluding hydrogens is 254 g/mol. The van der Waals surface area contributed by atoms with Crippen molar-refractivity contribution in [3.05, 3.63) is 17.8 Å². The zero-order chi connectivity index (χ0) is 13.0. The summed E-state index contributed by atoms with van der Waals surface area (Å²) < 4.78 is 5.16. The highest BCUT2D eigenvalue weighted by molar-refractivity contribution is 6.18. The Hall–Kier alpha value is -1.07. The molecule has 6 heteroatoms. The quantitative estimate of drug-likeness (QED) is 0.779. The first-order valence-corrected chi connectivity index (χ1v) is 6.73. The van der Waals surface area contributed by atoms with Crippen molar-refractivity contribution in [1.82, 2.24) is 14.8 Å². The largest absolute Gasteiger partial charge is 0.438 e. The van der Waals surface area contributed by atoms with E-state index in [0.717, 1.165) is 39.1 Å². The molecule has 0 spiro atoms. The van der Waals surface area contributed by atoms with Crippen molar-refractivity contribution in [2.45, 2.75) is 13.3 Å². The van der Waals surface area contributed by atoms with Crippen LogP contribution in [0, 0.1) is 6.92 Å². The van der Waals surface area contributed by atoms with Crippen LogP contribution in [-0.2, 0) is 0 Å². The second-order valence-electron chi connectivity index (χ2n) is 4.44. The maximum atomic E-state index is 12.2. The van der Waals surface area contributed by atoms with Gasteiger partial charge in [-0.25, -0.2) is 4.98 Å². The topological polar surface area (TPSA) is 49.6 Å². The summed E-state index contributed by atoms with van der Waals surface area (Å²) in [7, 11) is 0. The number of hydrogen-bond donors (Lipinski definition) is 0. The van der Waals surface area contributed by atoms with Crippen molar-refractivity contribution in [3.63, 3.8) is 0 Å². The summed E-state index contributed by atoms with van der Waals surface area (Å²) in [6.45, 7) is 6.00. The molecule has 1 aliphatic rings. The van der Waals surface area contributed by atoms with Crippen LogP contribution in [0.25, 0.3) is 0 Å². The number of carbonyl (C=O) groups excluding carboxylic acids is 1. The molecule has 5 nitrogen and oxygen atoms in total. The SMILES string of the molecule is Cc1ncoc1C(=O)N1CCCN(CCCl)CC1. The van der Waals surface area contributed by atoms with Gasteiger partial charge in [-0.2, -0.15) is 0 Å². The number of carbonyl (C=O) groups is 1. The molecule has 2 heterocycles. The zero-order valence-corrected chi connectivity index (χ0v) is 11.3. The molecule has 1 aromatic heterocycles. The predicted octanol–water partition coefficient (Wildman–Crippen LogP) is 1.37. The van der Waals surface area contributed by atoms with Gasteiger partial charge in [-0.3, -0.25) is 4.79 Å². The number of amides is 1. The second-order valence-corrected chi connectivity index (χ2v) is 4.82. The van der Waals surface area contributed by atoms with E-state index >= 15 is 0 Å². The van der Waals surface area contributed by atoms with Crippen LogP contribution in [0.4, 0.5) is 0 Å². The lowest BCUT2D eigenvalue weighted by atomic mass is 10.3. The lowest BCUT2D eigenvalue weighted by Gasteiger charge is -2.20. The van der Waals surface area contributed by atoms with Crippen LogP contribution in [0.15, 0.2) is 10.8 Å². The number of rotatable bonds is 3. The standard InChI is InChI=1S/C12H18ClN3O2/c1-10-11(18-9-14-10)12(17)16-5-2-4-15(6-3-13)7-8-16/h9H,2-8H2,1H3. The number of hydrogen-bond acceptors (Lipinski definition) is 4. The van der Waals surface area contributed by atoms with Gasteiger partial charge < -0.3 is 14.2 Å². The molecule has 2 rings (SSSR count). The van der Waals surface area contributed by atoms with E-state index in [1.807, 2.05) is 4.90 Å². The van der Waals surface area contributed by atoms with Crippen LogP contribution in [0.5, 0.6) is 0 Å². The number of alkyl halides is 1. The first-order chi connectivity index (χ1) is 8.72. The number of oxazole rings is 1. The van der Waals surface area contributed by atoms with E-state index in [-0.39, 0.29) is 5.91 Å². The first kappa shape index (κ1) is 13.4. The van der Waals surface area contributed by atoms with Crippen molar-refractivity contribution in [2.75, 3.05) is 38.6 Å². The molecule has 18 heavy (non-hydrogen) atoms. The number of nitrogens with zero attached hydrogens (tertiary/aromatic N) is 3. The highest BCUT2D eigenvalue weighted by atomic mass is 35.5. The van der Waals surface area contributed by atoms with E-state index in [1.54, 1.807) is 6.92 Å². The van der Waals surface area contributed by atoms with Crippen molar-refractivity contribution in [1.29, 1.82) is 0 Å². The molecule has 0 bridgehead atoms. The van der Waals surface area contributed by atoms with Gasteiger partial charge in [0.1, 0.15) is 0 Å². The molecule has 0 atom stereocenters. The van der Waals surface area contributed by atoms with Crippen LogP contribution in [0.1, 0.15) is 22.7 Å². The summed E-state index contributed by atoms with van der Waals surface area (Å²) in [5, 5.41) is 0. The van der Waals surface area contributed by atoms with E-state index in [2.05, 4.69) is 9.88 Å². The van der Waals surface area contributed by atoms with Gasteiger partial charge in [-0.05, 0) is 19.9 Å². The van der Waals surface area contributed by atoms with Gasteiger partial charge in [0.25, 0.3) is 5.91 Å². The molecule has 1 aromatic rings.